The molecular formula is C22H17F3N6O. The van der Waals surface area contributed by atoms with Crippen molar-refractivity contribution in [3.8, 4) is 28.0 Å². The van der Waals surface area contributed by atoms with Crippen molar-refractivity contribution in [2.75, 3.05) is 7.11 Å². The number of fused-ring (bicyclic) bond motifs is 2. The first-order chi connectivity index (χ1) is 15.5. The highest BCUT2D eigenvalue weighted by molar-refractivity contribution is 5.92. The molecule has 7 nitrogen and oxygen atoms in total. The van der Waals surface area contributed by atoms with Crippen LogP contribution in [0.25, 0.3) is 44.3 Å². The molecule has 0 bridgehead atoms. The Kier molecular flexibility index (Phi) is 4.76. The average molecular weight is 438 g/mol. The number of aromatic nitrogens is 6. The summed E-state index contributed by atoms with van der Waals surface area (Å²) >= 11 is 0. The summed E-state index contributed by atoms with van der Waals surface area (Å²) in [5.74, 6) is -0.228. The summed E-state index contributed by atoms with van der Waals surface area (Å²) in [6, 6.07) is 7.68. The molecule has 10 heteroatoms. The molecule has 0 radical (unpaired) electrons. The van der Waals surface area contributed by atoms with E-state index in [1.165, 1.54) is 25.4 Å². The van der Waals surface area contributed by atoms with Crippen LogP contribution in [0.1, 0.15) is 13.5 Å². The van der Waals surface area contributed by atoms with E-state index in [4.69, 9.17) is 4.74 Å². The second-order valence-electron chi connectivity index (χ2n) is 7.13. The van der Waals surface area contributed by atoms with E-state index >= 15 is 0 Å². The first-order valence-electron chi connectivity index (χ1n) is 9.82. The number of ether oxygens (including phenoxy) is 1. The lowest BCUT2D eigenvalue weighted by Crippen LogP contribution is -2.00. The quantitative estimate of drug-likeness (QED) is 0.383. The van der Waals surface area contributed by atoms with Gasteiger partial charge in [-0.3, -0.25) is 0 Å². The molecule has 0 saturated carbocycles. The van der Waals surface area contributed by atoms with Gasteiger partial charge in [0.15, 0.2) is 5.65 Å². The number of halogens is 3. The van der Waals surface area contributed by atoms with Gasteiger partial charge in [-0.25, -0.2) is 14.1 Å². The molecule has 0 N–H and O–H groups in total. The molecule has 0 saturated heterocycles. The summed E-state index contributed by atoms with van der Waals surface area (Å²) in [6.07, 6.45) is 4.59. The predicted octanol–water partition coefficient (Wildman–Crippen LogP) is 5.07. The predicted molar refractivity (Wildman–Crippen MR) is 113 cm³/mol. The Labute approximate surface area is 180 Å². The van der Waals surface area contributed by atoms with Crippen LogP contribution in [0.4, 0.5) is 13.2 Å². The number of rotatable bonds is 5. The second-order valence-corrected chi connectivity index (χ2v) is 7.13. The van der Waals surface area contributed by atoms with Gasteiger partial charge in [0.1, 0.15) is 17.1 Å². The molecule has 162 valence electrons. The molecule has 0 aliphatic heterocycles. The monoisotopic (exact) mass is 438 g/mol. The zero-order valence-electron chi connectivity index (χ0n) is 17.1. The van der Waals surface area contributed by atoms with Crippen LogP contribution < -0.4 is 4.74 Å². The lowest BCUT2D eigenvalue weighted by molar-refractivity contribution is 0.0615. The van der Waals surface area contributed by atoms with Crippen LogP contribution in [0.5, 0.6) is 5.75 Å². The molecule has 5 rings (SSSR count). The van der Waals surface area contributed by atoms with Crippen molar-refractivity contribution in [2.24, 2.45) is 0 Å². The highest BCUT2D eigenvalue weighted by Gasteiger charge is 2.19. The summed E-state index contributed by atoms with van der Waals surface area (Å²) in [5.41, 5.74) is 3.55. The van der Waals surface area contributed by atoms with Crippen molar-refractivity contribution in [3.05, 3.63) is 54.9 Å². The van der Waals surface area contributed by atoms with Crippen LogP contribution in [-0.2, 0) is 6.54 Å². The van der Waals surface area contributed by atoms with Crippen LogP contribution in [0, 0.1) is 5.82 Å². The topological polar surface area (TPSA) is 70.7 Å². The van der Waals surface area contributed by atoms with Gasteiger partial charge in [-0.1, -0.05) is 6.07 Å². The van der Waals surface area contributed by atoms with Crippen LogP contribution in [-0.4, -0.2) is 36.6 Å². The molecule has 0 aliphatic carbocycles. The van der Waals surface area contributed by atoms with E-state index in [2.05, 4.69) is 20.3 Å². The standard InChI is InChI=1S/C22H17F3N6O/c1-3-30-11-26-20-16(10-27-29-21(20)30)12-4-5-17(23)14(6-12)15-7-13-9-28-31(22(24)25)18(13)8-19(15)32-2/h4-11,22H,3H2,1-2H3. The number of methoxy groups -OCH3 is 1. The van der Waals surface area contributed by atoms with E-state index in [0.29, 0.717) is 44.5 Å². The van der Waals surface area contributed by atoms with Gasteiger partial charge in [-0.05, 0) is 30.7 Å². The second kappa shape index (κ2) is 7.63. The van der Waals surface area contributed by atoms with Crippen molar-refractivity contribution < 1.29 is 17.9 Å². The maximum absolute atomic E-state index is 14.9. The van der Waals surface area contributed by atoms with Gasteiger partial charge in [0, 0.05) is 34.7 Å². The Balaban J connectivity index is 1.70. The molecule has 0 unspecified atom stereocenters. The number of aryl methyl sites for hydroxylation is 1. The number of benzene rings is 2. The first kappa shape index (κ1) is 20.0. The van der Waals surface area contributed by atoms with Gasteiger partial charge in [0.25, 0.3) is 0 Å². The van der Waals surface area contributed by atoms with Crippen molar-refractivity contribution in [1.82, 2.24) is 29.5 Å². The number of hydrogen-bond donors (Lipinski definition) is 0. The SMILES string of the molecule is CCn1cnc2c(-c3ccc(F)c(-c4cc5cnn(C(F)F)c5cc4OC)c3)cnnc21. The fourth-order valence-corrected chi connectivity index (χ4v) is 3.82. The summed E-state index contributed by atoms with van der Waals surface area (Å²) in [7, 11) is 1.41. The smallest absolute Gasteiger partial charge is 0.333 e. The molecule has 5 aromatic rings. The lowest BCUT2D eigenvalue weighted by atomic mass is 9.97. The van der Waals surface area contributed by atoms with E-state index in [1.807, 2.05) is 11.5 Å². The van der Waals surface area contributed by atoms with Gasteiger partial charge in [0.05, 0.1) is 31.3 Å². The molecule has 0 aliphatic rings. The Morgan fingerprint density at radius 1 is 1.06 bits per heavy atom. The number of imidazole rings is 1. The Morgan fingerprint density at radius 2 is 1.91 bits per heavy atom. The molecule has 0 spiro atoms. The minimum Gasteiger partial charge on any atom is -0.496 e. The maximum atomic E-state index is 14.9. The Bertz CT molecular complexity index is 1460. The normalized spacial score (nSPS) is 11.7. The molecule has 3 aromatic heterocycles. The van der Waals surface area contributed by atoms with E-state index in [1.54, 1.807) is 30.7 Å². The molecule has 0 amide bonds. The molecule has 0 fully saturated rings. The third kappa shape index (κ3) is 3.06. The minimum absolute atomic E-state index is 0.197. The molecule has 32 heavy (non-hydrogen) atoms. The highest BCUT2D eigenvalue weighted by Crippen LogP contribution is 2.38. The molecule has 0 atom stereocenters. The molecule has 3 heterocycles. The first-order valence-corrected chi connectivity index (χ1v) is 9.82. The third-order valence-corrected chi connectivity index (χ3v) is 5.41. The zero-order valence-corrected chi connectivity index (χ0v) is 17.1. The Morgan fingerprint density at radius 3 is 2.66 bits per heavy atom. The van der Waals surface area contributed by atoms with Crippen molar-refractivity contribution >= 4 is 22.1 Å². The largest absolute Gasteiger partial charge is 0.496 e. The average Bonchev–Trinajstić information content (AvgIpc) is 3.42. The van der Waals surface area contributed by atoms with Gasteiger partial charge >= 0.3 is 6.55 Å². The fourth-order valence-electron chi connectivity index (χ4n) is 3.82. The van der Waals surface area contributed by atoms with Gasteiger partial charge in [-0.2, -0.15) is 19.0 Å². The van der Waals surface area contributed by atoms with E-state index in [-0.39, 0.29) is 16.8 Å². The van der Waals surface area contributed by atoms with Crippen LogP contribution in [0.2, 0.25) is 0 Å². The van der Waals surface area contributed by atoms with Gasteiger partial charge in [0.2, 0.25) is 0 Å². The number of alkyl halides is 2. The van der Waals surface area contributed by atoms with Crippen molar-refractivity contribution in [3.63, 3.8) is 0 Å². The van der Waals surface area contributed by atoms with E-state index in [0.717, 1.165) is 0 Å². The van der Waals surface area contributed by atoms with Crippen molar-refractivity contribution in [2.45, 2.75) is 20.0 Å². The van der Waals surface area contributed by atoms with Crippen LogP contribution in [0.15, 0.2) is 49.1 Å². The summed E-state index contributed by atoms with van der Waals surface area (Å²) < 4.78 is 49.3. The number of nitrogens with zero attached hydrogens (tertiary/aromatic N) is 6. The number of hydrogen-bond acceptors (Lipinski definition) is 5. The summed E-state index contributed by atoms with van der Waals surface area (Å²) in [6.45, 7) is -0.135. The Hall–Kier alpha value is -3.95. The van der Waals surface area contributed by atoms with E-state index < -0.39 is 12.4 Å². The van der Waals surface area contributed by atoms with Crippen LogP contribution in [0.3, 0.4) is 0 Å². The summed E-state index contributed by atoms with van der Waals surface area (Å²) in [4.78, 5) is 4.44. The van der Waals surface area contributed by atoms with Gasteiger partial charge < -0.3 is 9.30 Å². The van der Waals surface area contributed by atoms with Crippen molar-refractivity contribution in [1.29, 1.82) is 0 Å². The van der Waals surface area contributed by atoms with E-state index in [9.17, 15) is 13.2 Å². The zero-order chi connectivity index (χ0) is 22.4. The highest BCUT2D eigenvalue weighted by atomic mass is 19.3. The summed E-state index contributed by atoms with van der Waals surface area (Å²) in [5, 5.41) is 12.4. The minimum atomic E-state index is -2.80. The maximum Gasteiger partial charge on any atom is 0.333 e. The molecular weight excluding hydrogens is 421 g/mol. The fraction of sp³-hybridized carbons (Fsp3) is 0.182. The molecule has 2 aromatic carbocycles. The lowest BCUT2D eigenvalue weighted by Gasteiger charge is -2.13. The third-order valence-electron chi connectivity index (χ3n) is 5.41. The van der Waals surface area contributed by atoms with Crippen LogP contribution >= 0.6 is 0 Å². The van der Waals surface area contributed by atoms with Gasteiger partial charge in [-0.15, -0.1) is 5.10 Å².